The first-order chi connectivity index (χ1) is 16.2. The van der Waals surface area contributed by atoms with Crippen LogP contribution in [0.4, 0.5) is 11.4 Å². The zero-order valence-corrected chi connectivity index (χ0v) is 19.2. The molecule has 1 saturated heterocycles. The Morgan fingerprint density at radius 1 is 1.06 bits per heavy atom. The van der Waals surface area contributed by atoms with E-state index in [0.717, 1.165) is 56.9 Å². The maximum atomic E-state index is 12.6. The molecule has 1 aliphatic rings. The van der Waals surface area contributed by atoms with Crippen LogP contribution < -0.4 is 10.2 Å². The SMILES string of the molecule is CCc1noc(CCCC(=O)Nc2ccccc2N2CCN(CCc3ccncc3)CC2)n1. The van der Waals surface area contributed by atoms with E-state index < -0.39 is 0 Å². The van der Waals surface area contributed by atoms with Gasteiger partial charge in [-0.1, -0.05) is 24.2 Å². The second kappa shape index (κ2) is 11.6. The first-order valence-electron chi connectivity index (χ1n) is 11.8. The zero-order valence-electron chi connectivity index (χ0n) is 19.2. The Kier molecular flexibility index (Phi) is 8.03. The molecule has 1 fully saturated rings. The average molecular weight is 449 g/mol. The third-order valence-electron chi connectivity index (χ3n) is 5.98. The summed E-state index contributed by atoms with van der Waals surface area (Å²) in [5.41, 5.74) is 3.29. The Morgan fingerprint density at radius 2 is 1.85 bits per heavy atom. The van der Waals surface area contributed by atoms with Crippen LogP contribution in [0.2, 0.25) is 0 Å². The van der Waals surface area contributed by atoms with Gasteiger partial charge in [-0.05, 0) is 42.7 Å². The van der Waals surface area contributed by atoms with Crippen LogP contribution >= 0.6 is 0 Å². The zero-order chi connectivity index (χ0) is 22.9. The van der Waals surface area contributed by atoms with Crippen LogP contribution in [-0.2, 0) is 24.1 Å². The number of amides is 1. The quantitative estimate of drug-likeness (QED) is 0.509. The Balaban J connectivity index is 1.24. The lowest BCUT2D eigenvalue weighted by atomic mass is 10.1. The molecule has 8 heteroatoms. The summed E-state index contributed by atoms with van der Waals surface area (Å²) in [7, 11) is 0. The number of carbonyl (C=O) groups excluding carboxylic acids is 1. The van der Waals surface area contributed by atoms with Crippen molar-refractivity contribution in [3.8, 4) is 0 Å². The monoisotopic (exact) mass is 448 g/mol. The number of para-hydroxylation sites is 2. The molecule has 4 rings (SSSR count). The third-order valence-corrected chi connectivity index (χ3v) is 5.98. The molecule has 0 spiro atoms. The van der Waals surface area contributed by atoms with Crippen molar-refractivity contribution in [1.29, 1.82) is 0 Å². The highest BCUT2D eigenvalue weighted by atomic mass is 16.5. The number of aryl methyl sites for hydroxylation is 2. The second-order valence-electron chi connectivity index (χ2n) is 8.31. The molecule has 174 valence electrons. The molecule has 0 radical (unpaired) electrons. The lowest BCUT2D eigenvalue weighted by Crippen LogP contribution is -2.47. The minimum atomic E-state index is 0.00803. The van der Waals surface area contributed by atoms with Crippen LogP contribution in [-0.4, -0.2) is 58.7 Å². The number of rotatable bonds is 10. The molecule has 33 heavy (non-hydrogen) atoms. The first kappa shape index (κ1) is 22.9. The number of nitrogens with zero attached hydrogens (tertiary/aromatic N) is 5. The van der Waals surface area contributed by atoms with E-state index in [0.29, 0.717) is 31.0 Å². The molecule has 0 unspecified atom stereocenters. The number of nitrogens with one attached hydrogen (secondary N) is 1. The van der Waals surface area contributed by atoms with Crippen LogP contribution in [0.5, 0.6) is 0 Å². The first-order valence-corrected chi connectivity index (χ1v) is 11.8. The van der Waals surface area contributed by atoms with Crippen molar-refractivity contribution >= 4 is 17.3 Å². The third kappa shape index (κ3) is 6.61. The summed E-state index contributed by atoms with van der Waals surface area (Å²) in [6.07, 6.45) is 7.20. The van der Waals surface area contributed by atoms with E-state index in [1.54, 1.807) is 0 Å². The van der Waals surface area contributed by atoms with E-state index in [9.17, 15) is 4.79 Å². The molecule has 1 N–H and O–H groups in total. The lowest BCUT2D eigenvalue weighted by Gasteiger charge is -2.37. The number of aromatic nitrogens is 3. The van der Waals surface area contributed by atoms with Gasteiger partial charge in [0.2, 0.25) is 11.8 Å². The standard InChI is InChI=1S/C25H32N6O2/c1-2-23-28-25(33-29-23)9-5-8-24(32)27-21-6-3-4-7-22(21)31-18-16-30(17-19-31)15-12-20-10-13-26-14-11-20/h3-4,6-7,10-11,13-14H,2,5,8-9,12,15-19H2,1H3,(H,27,32). The normalized spacial score (nSPS) is 14.4. The van der Waals surface area contributed by atoms with Gasteiger partial charge in [0.1, 0.15) is 0 Å². The van der Waals surface area contributed by atoms with Crippen molar-refractivity contribution in [2.45, 2.75) is 39.0 Å². The smallest absolute Gasteiger partial charge is 0.226 e. The molecule has 0 bridgehead atoms. The topological polar surface area (TPSA) is 87.4 Å². The highest BCUT2D eigenvalue weighted by Gasteiger charge is 2.19. The molecule has 1 aromatic carbocycles. The Bertz CT molecular complexity index is 1010. The van der Waals surface area contributed by atoms with Crippen LogP contribution in [0.15, 0.2) is 53.3 Å². The second-order valence-corrected chi connectivity index (χ2v) is 8.31. The van der Waals surface area contributed by atoms with E-state index in [2.05, 4.69) is 48.4 Å². The molecular weight excluding hydrogens is 416 g/mol. The van der Waals surface area contributed by atoms with Crippen molar-refractivity contribution < 1.29 is 9.32 Å². The molecule has 0 saturated carbocycles. The molecule has 0 atom stereocenters. The van der Waals surface area contributed by atoms with Crippen LogP contribution in [0.3, 0.4) is 0 Å². The van der Waals surface area contributed by atoms with Gasteiger partial charge < -0.3 is 14.7 Å². The number of piperazine rings is 1. The van der Waals surface area contributed by atoms with Crippen LogP contribution in [0, 0.1) is 0 Å². The maximum absolute atomic E-state index is 12.6. The molecule has 8 nitrogen and oxygen atoms in total. The predicted molar refractivity (Wildman–Crippen MR) is 128 cm³/mol. The van der Waals surface area contributed by atoms with Gasteiger partial charge in [0.15, 0.2) is 5.82 Å². The lowest BCUT2D eigenvalue weighted by molar-refractivity contribution is -0.116. The van der Waals surface area contributed by atoms with Crippen molar-refractivity contribution in [2.24, 2.45) is 0 Å². The van der Waals surface area contributed by atoms with Gasteiger partial charge in [0, 0.05) is 64.4 Å². The van der Waals surface area contributed by atoms with Gasteiger partial charge in [0.05, 0.1) is 11.4 Å². The summed E-state index contributed by atoms with van der Waals surface area (Å²) >= 11 is 0. The van der Waals surface area contributed by atoms with Gasteiger partial charge >= 0.3 is 0 Å². The minimum Gasteiger partial charge on any atom is -0.367 e. The summed E-state index contributed by atoms with van der Waals surface area (Å²) in [5, 5.41) is 7.00. The Hall–Kier alpha value is -3.26. The molecule has 1 amide bonds. The van der Waals surface area contributed by atoms with Gasteiger partial charge in [-0.15, -0.1) is 0 Å². The Morgan fingerprint density at radius 3 is 2.61 bits per heavy atom. The fourth-order valence-electron chi connectivity index (χ4n) is 4.05. The molecular formula is C25H32N6O2. The summed E-state index contributed by atoms with van der Waals surface area (Å²) < 4.78 is 5.20. The number of benzene rings is 1. The van der Waals surface area contributed by atoms with Gasteiger partial charge in [-0.3, -0.25) is 14.7 Å². The Labute approximate surface area is 195 Å². The molecule has 2 aromatic heterocycles. The van der Waals surface area contributed by atoms with E-state index in [4.69, 9.17) is 4.52 Å². The molecule has 3 heterocycles. The van der Waals surface area contributed by atoms with Crippen molar-refractivity contribution in [3.05, 3.63) is 66.1 Å². The molecule has 0 aliphatic carbocycles. The van der Waals surface area contributed by atoms with E-state index in [1.807, 2.05) is 37.5 Å². The number of anilines is 2. The number of hydrogen-bond acceptors (Lipinski definition) is 7. The largest absolute Gasteiger partial charge is 0.367 e. The van der Waals surface area contributed by atoms with E-state index in [-0.39, 0.29) is 5.91 Å². The number of carbonyl (C=O) groups is 1. The van der Waals surface area contributed by atoms with Gasteiger partial charge in [-0.25, -0.2) is 0 Å². The fourth-order valence-corrected chi connectivity index (χ4v) is 4.05. The van der Waals surface area contributed by atoms with Gasteiger partial charge in [0.25, 0.3) is 0 Å². The highest BCUT2D eigenvalue weighted by Crippen LogP contribution is 2.27. The van der Waals surface area contributed by atoms with Gasteiger partial charge in [-0.2, -0.15) is 4.98 Å². The summed E-state index contributed by atoms with van der Waals surface area (Å²) in [4.78, 5) is 25.8. The average Bonchev–Trinajstić information content (AvgIpc) is 3.32. The molecule has 3 aromatic rings. The van der Waals surface area contributed by atoms with Crippen molar-refractivity contribution in [3.63, 3.8) is 0 Å². The summed E-state index contributed by atoms with van der Waals surface area (Å²) in [6, 6.07) is 12.2. The molecule has 1 aliphatic heterocycles. The van der Waals surface area contributed by atoms with Crippen LogP contribution in [0.1, 0.15) is 37.0 Å². The van der Waals surface area contributed by atoms with E-state index >= 15 is 0 Å². The van der Waals surface area contributed by atoms with E-state index in [1.165, 1.54) is 5.56 Å². The van der Waals surface area contributed by atoms with Crippen molar-refractivity contribution in [1.82, 2.24) is 20.0 Å². The fraction of sp³-hybridized carbons (Fsp3) is 0.440. The summed E-state index contributed by atoms with van der Waals surface area (Å²) in [5.74, 6) is 1.32. The van der Waals surface area contributed by atoms with Crippen LogP contribution in [0.25, 0.3) is 0 Å². The summed E-state index contributed by atoms with van der Waals surface area (Å²) in [6.45, 7) is 6.95. The maximum Gasteiger partial charge on any atom is 0.226 e. The minimum absolute atomic E-state index is 0.00803. The number of pyridine rings is 1. The predicted octanol–water partition coefficient (Wildman–Crippen LogP) is 3.35. The highest BCUT2D eigenvalue weighted by molar-refractivity contribution is 5.94. The van der Waals surface area contributed by atoms with Crippen molar-refractivity contribution in [2.75, 3.05) is 42.9 Å². The number of hydrogen-bond donors (Lipinski definition) is 1.